The van der Waals surface area contributed by atoms with Crippen LogP contribution in [0.25, 0.3) is 0 Å². The van der Waals surface area contributed by atoms with E-state index in [1.807, 2.05) is 0 Å². The van der Waals surface area contributed by atoms with Crippen LogP contribution >= 0.6 is 0 Å². The molecule has 1 atom stereocenters. The lowest BCUT2D eigenvalue weighted by Crippen LogP contribution is -2.45. The lowest BCUT2D eigenvalue weighted by Gasteiger charge is -2.38. The zero-order valence-electron chi connectivity index (χ0n) is 13.1. The Morgan fingerprint density at radius 3 is 2.74 bits per heavy atom. The average molecular weight is 329 g/mol. The first kappa shape index (κ1) is 16.5. The third-order valence-corrected chi connectivity index (χ3v) is 4.53. The van der Waals surface area contributed by atoms with Crippen LogP contribution in [0.2, 0.25) is 0 Å². The van der Waals surface area contributed by atoms with Crippen LogP contribution in [-0.2, 0) is 10.9 Å². The largest absolute Gasteiger partial charge is 0.419 e. The summed E-state index contributed by atoms with van der Waals surface area (Å²) < 4.78 is 44.9. The van der Waals surface area contributed by atoms with E-state index in [-0.39, 0.29) is 5.82 Å². The molecule has 0 radical (unpaired) electrons. The van der Waals surface area contributed by atoms with Crippen LogP contribution in [0.5, 0.6) is 0 Å². The zero-order valence-corrected chi connectivity index (χ0v) is 13.1. The smallest absolute Gasteiger partial charge is 0.379 e. The molecule has 0 aromatic carbocycles. The summed E-state index contributed by atoms with van der Waals surface area (Å²) in [6.07, 6.45) is -0.957. The van der Waals surface area contributed by atoms with Crippen molar-refractivity contribution in [1.29, 1.82) is 0 Å². The van der Waals surface area contributed by atoms with Crippen LogP contribution < -0.4 is 4.90 Å². The first-order valence-electron chi connectivity index (χ1n) is 8.11. The molecule has 2 fully saturated rings. The molecular weight excluding hydrogens is 307 g/mol. The second-order valence-corrected chi connectivity index (χ2v) is 6.24. The van der Waals surface area contributed by atoms with E-state index in [2.05, 4.69) is 9.88 Å². The standard InChI is InChI=1S/C16H22F3N3O/c17-16(18,19)14-4-1-5-20-15(14)22-6-2-3-13(12-22)11-21-7-9-23-10-8-21/h1,4-5,13H,2-3,6-12H2/t13-/m0/s1. The van der Waals surface area contributed by atoms with Crippen molar-refractivity contribution in [1.82, 2.24) is 9.88 Å². The molecule has 2 aliphatic heterocycles. The lowest BCUT2D eigenvalue weighted by atomic mass is 9.96. The summed E-state index contributed by atoms with van der Waals surface area (Å²) in [5, 5.41) is 0. The maximum absolute atomic E-state index is 13.2. The number of anilines is 1. The third-order valence-electron chi connectivity index (χ3n) is 4.53. The van der Waals surface area contributed by atoms with E-state index in [1.54, 1.807) is 4.90 Å². The van der Waals surface area contributed by atoms with E-state index < -0.39 is 11.7 Å². The summed E-state index contributed by atoms with van der Waals surface area (Å²) in [5.41, 5.74) is -0.632. The van der Waals surface area contributed by atoms with Gasteiger partial charge >= 0.3 is 6.18 Å². The van der Waals surface area contributed by atoms with Gasteiger partial charge in [0.05, 0.1) is 18.8 Å². The number of hydrogen-bond acceptors (Lipinski definition) is 4. The molecule has 0 bridgehead atoms. The Morgan fingerprint density at radius 2 is 2.00 bits per heavy atom. The van der Waals surface area contributed by atoms with E-state index in [4.69, 9.17) is 4.74 Å². The summed E-state index contributed by atoms with van der Waals surface area (Å²) in [4.78, 5) is 8.17. The van der Waals surface area contributed by atoms with Crippen molar-refractivity contribution < 1.29 is 17.9 Å². The maximum atomic E-state index is 13.2. The van der Waals surface area contributed by atoms with Gasteiger partial charge in [0.25, 0.3) is 0 Å². The van der Waals surface area contributed by atoms with Gasteiger partial charge in [-0.1, -0.05) is 0 Å². The second-order valence-electron chi connectivity index (χ2n) is 6.24. The quantitative estimate of drug-likeness (QED) is 0.852. The molecule has 3 heterocycles. The molecule has 0 aliphatic carbocycles. The van der Waals surface area contributed by atoms with Crippen LogP contribution in [-0.4, -0.2) is 55.8 Å². The highest BCUT2D eigenvalue weighted by Gasteiger charge is 2.36. The zero-order chi connectivity index (χ0) is 16.3. The number of rotatable bonds is 3. The number of halogens is 3. The van der Waals surface area contributed by atoms with Crippen LogP contribution in [0, 0.1) is 5.92 Å². The fourth-order valence-corrected chi connectivity index (χ4v) is 3.43. The van der Waals surface area contributed by atoms with Gasteiger partial charge in [-0.2, -0.15) is 13.2 Å². The Kier molecular flexibility index (Phi) is 5.06. The van der Waals surface area contributed by atoms with Crippen molar-refractivity contribution in [3.05, 3.63) is 23.9 Å². The minimum Gasteiger partial charge on any atom is -0.379 e. The second kappa shape index (κ2) is 7.05. The van der Waals surface area contributed by atoms with Gasteiger partial charge in [0.15, 0.2) is 0 Å². The van der Waals surface area contributed by atoms with E-state index in [0.29, 0.717) is 19.0 Å². The normalized spacial score (nSPS) is 24.0. The van der Waals surface area contributed by atoms with E-state index in [1.165, 1.54) is 12.3 Å². The fraction of sp³-hybridized carbons (Fsp3) is 0.688. The SMILES string of the molecule is FC(F)(F)c1cccnc1N1CCC[C@@H](CN2CCOCC2)C1. The van der Waals surface area contributed by atoms with Gasteiger partial charge in [0.1, 0.15) is 5.82 Å². The van der Waals surface area contributed by atoms with E-state index in [0.717, 1.165) is 51.8 Å². The van der Waals surface area contributed by atoms with Crippen LogP contribution in [0.1, 0.15) is 18.4 Å². The number of morpholine rings is 1. The van der Waals surface area contributed by atoms with Gasteiger partial charge in [-0.3, -0.25) is 4.90 Å². The molecule has 0 saturated carbocycles. The molecule has 2 aliphatic rings. The van der Waals surface area contributed by atoms with Gasteiger partial charge in [-0.15, -0.1) is 0 Å². The first-order valence-corrected chi connectivity index (χ1v) is 8.11. The Morgan fingerprint density at radius 1 is 1.22 bits per heavy atom. The van der Waals surface area contributed by atoms with Gasteiger partial charge in [-0.05, 0) is 30.9 Å². The van der Waals surface area contributed by atoms with Gasteiger partial charge in [0, 0.05) is 38.9 Å². The molecule has 128 valence electrons. The van der Waals surface area contributed by atoms with Gasteiger partial charge in [0.2, 0.25) is 0 Å². The van der Waals surface area contributed by atoms with Gasteiger partial charge < -0.3 is 9.64 Å². The molecule has 3 rings (SSSR count). The summed E-state index contributed by atoms with van der Waals surface area (Å²) in [7, 11) is 0. The Balaban J connectivity index is 1.69. The summed E-state index contributed by atoms with van der Waals surface area (Å²) >= 11 is 0. The number of alkyl halides is 3. The maximum Gasteiger partial charge on any atom is 0.419 e. The number of aromatic nitrogens is 1. The molecule has 4 nitrogen and oxygen atoms in total. The van der Waals surface area contributed by atoms with Crippen molar-refractivity contribution in [2.24, 2.45) is 5.92 Å². The fourth-order valence-electron chi connectivity index (χ4n) is 3.43. The number of piperidine rings is 1. The number of hydrogen-bond donors (Lipinski definition) is 0. The highest BCUT2D eigenvalue weighted by Crippen LogP contribution is 2.36. The predicted octanol–water partition coefficient (Wildman–Crippen LogP) is 2.65. The predicted molar refractivity (Wildman–Crippen MR) is 81.4 cm³/mol. The van der Waals surface area contributed by atoms with Crippen molar-refractivity contribution >= 4 is 5.82 Å². The van der Waals surface area contributed by atoms with Crippen molar-refractivity contribution in [3.63, 3.8) is 0 Å². The molecule has 1 aromatic heterocycles. The molecule has 23 heavy (non-hydrogen) atoms. The highest BCUT2D eigenvalue weighted by molar-refractivity contribution is 5.48. The minimum absolute atomic E-state index is 0.0756. The molecule has 0 amide bonds. The monoisotopic (exact) mass is 329 g/mol. The topological polar surface area (TPSA) is 28.6 Å². The van der Waals surface area contributed by atoms with Crippen molar-refractivity contribution in [2.45, 2.75) is 19.0 Å². The molecule has 1 aromatic rings. The molecular formula is C16H22F3N3O. The van der Waals surface area contributed by atoms with Crippen molar-refractivity contribution in [2.75, 3.05) is 50.8 Å². The van der Waals surface area contributed by atoms with Crippen LogP contribution in [0.15, 0.2) is 18.3 Å². The third kappa shape index (κ3) is 4.14. The molecule has 0 unspecified atom stereocenters. The summed E-state index contributed by atoms with van der Waals surface area (Å²) in [6.45, 7) is 5.51. The molecule has 2 saturated heterocycles. The van der Waals surface area contributed by atoms with Crippen LogP contribution in [0.3, 0.4) is 0 Å². The highest BCUT2D eigenvalue weighted by atomic mass is 19.4. The van der Waals surface area contributed by atoms with E-state index >= 15 is 0 Å². The summed E-state index contributed by atoms with van der Waals surface area (Å²) in [5.74, 6) is 0.455. The van der Waals surface area contributed by atoms with Gasteiger partial charge in [-0.25, -0.2) is 4.98 Å². The first-order chi connectivity index (χ1) is 11.0. The average Bonchev–Trinajstić information content (AvgIpc) is 2.55. The van der Waals surface area contributed by atoms with E-state index in [9.17, 15) is 13.2 Å². The van der Waals surface area contributed by atoms with Crippen LogP contribution in [0.4, 0.5) is 19.0 Å². The minimum atomic E-state index is -4.36. The Hall–Kier alpha value is -1.34. The summed E-state index contributed by atoms with van der Waals surface area (Å²) in [6, 6.07) is 2.47. The molecule has 0 spiro atoms. The number of ether oxygens (including phenoxy) is 1. The molecule has 0 N–H and O–H groups in total. The number of nitrogens with zero attached hydrogens (tertiary/aromatic N) is 3. The Bertz CT molecular complexity index is 518. The lowest BCUT2D eigenvalue weighted by molar-refractivity contribution is -0.137. The Labute approximate surface area is 134 Å². The molecule has 7 heteroatoms. The van der Waals surface area contributed by atoms with Crippen molar-refractivity contribution in [3.8, 4) is 0 Å². The number of pyridine rings is 1.